The molecule has 0 aliphatic carbocycles. The first-order chi connectivity index (χ1) is 14.0. The molecule has 1 amide bonds. The Bertz CT molecular complexity index is 1100. The largest absolute Gasteiger partial charge is 0.378 e. The number of hydrogen-bond donors (Lipinski definition) is 1. The third-order valence-electron chi connectivity index (χ3n) is 4.30. The quantitative estimate of drug-likeness (QED) is 0.505. The van der Waals surface area contributed by atoms with Gasteiger partial charge in [-0.25, -0.2) is 4.99 Å². The molecule has 2 heterocycles. The van der Waals surface area contributed by atoms with E-state index in [1.165, 1.54) is 11.8 Å². The van der Waals surface area contributed by atoms with Crippen molar-refractivity contribution in [3.63, 3.8) is 0 Å². The molecule has 1 fully saturated rings. The maximum Gasteiger partial charge on any atom is 0.264 e. The summed E-state index contributed by atoms with van der Waals surface area (Å²) in [6.45, 7) is 0. The summed E-state index contributed by atoms with van der Waals surface area (Å²) in [4.78, 5) is 20.7. The van der Waals surface area contributed by atoms with Crippen LogP contribution in [0.3, 0.4) is 0 Å². The zero-order valence-corrected chi connectivity index (χ0v) is 18.2. The molecule has 0 radical (unpaired) electrons. The van der Waals surface area contributed by atoms with Gasteiger partial charge in [-0.05, 0) is 59.3 Å². The first-order valence-electron chi connectivity index (χ1n) is 8.89. The summed E-state index contributed by atoms with van der Waals surface area (Å²) in [7, 11) is 4.00. The maximum atomic E-state index is 12.3. The van der Waals surface area contributed by atoms with Crippen molar-refractivity contribution in [1.82, 2.24) is 5.32 Å². The van der Waals surface area contributed by atoms with Crippen LogP contribution in [0.25, 0.3) is 16.5 Å². The summed E-state index contributed by atoms with van der Waals surface area (Å²) in [5.41, 5.74) is 4.01. The van der Waals surface area contributed by atoms with Crippen LogP contribution in [0.5, 0.6) is 0 Å². The highest BCUT2D eigenvalue weighted by atomic mass is 35.5. The lowest BCUT2D eigenvalue weighted by Crippen LogP contribution is -2.19. The van der Waals surface area contributed by atoms with Gasteiger partial charge in [-0.15, -0.1) is 11.3 Å². The van der Waals surface area contributed by atoms with E-state index in [2.05, 4.69) is 10.3 Å². The number of benzene rings is 2. The molecule has 0 saturated carbocycles. The lowest BCUT2D eigenvalue weighted by atomic mass is 10.2. The number of thiophene rings is 1. The second-order valence-electron chi connectivity index (χ2n) is 6.64. The number of amidine groups is 1. The fraction of sp³-hybridized carbons (Fsp3) is 0.0909. The van der Waals surface area contributed by atoms with Crippen molar-refractivity contribution in [2.75, 3.05) is 19.0 Å². The minimum atomic E-state index is -0.126. The highest BCUT2D eigenvalue weighted by molar-refractivity contribution is 8.18. The lowest BCUT2D eigenvalue weighted by molar-refractivity contribution is -0.115. The molecule has 4 nitrogen and oxygen atoms in total. The average Bonchev–Trinajstić information content (AvgIpc) is 3.30. The van der Waals surface area contributed by atoms with Crippen LogP contribution in [0.4, 0.5) is 11.4 Å². The van der Waals surface area contributed by atoms with Crippen LogP contribution in [-0.2, 0) is 4.79 Å². The molecule has 4 rings (SSSR count). The second kappa shape index (κ2) is 8.45. The topological polar surface area (TPSA) is 44.7 Å². The van der Waals surface area contributed by atoms with Gasteiger partial charge >= 0.3 is 0 Å². The molecule has 2 aromatic carbocycles. The minimum absolute atomic E-state index is 0.126. The molecule has 29 heavy (non-hydrogen) atoms. The number of carbonyl (C=O) groups excluding carboxylic acids is 1. The SMILES string of the molecule is CN(C)c1ccc(/C=C2\SC(=Nc3csc(-c4ccc(Cl)cc4)c3)NC2=O)cc1. The molecule has 1 aliphatic rings. The van der Waals surface area contributed by atoms with Crippen molar-refractivity contribution < 1.29 is 4.79 Å². The Morgan fingerprint density at radius 3 is 2.48 bits per heavy atom. The van der Waals surface area contributed by atoms with Crippen molar-refractivity contribution >= 4 is 63.2 Å². The van der Waals surface area contributed by atoms with E-state index in [0.29, 0.717) is 15.1 Å². The van der Waals surface area contributed by atoms with Crippen molar-refractivity contribution in [3.8, 4) is 10.4 Å². The molecule has 1 aromatic heterocycles. The first kappa shape index (κ1) is 19.8. The van der Waals surface area contributed by atoms with Crippen molar-refractivity contribution in [2.45, 2.75) is 0 Å². The summed E-state index contributed by atoms with van der Waals surface area (Å²) in [6, 6.07) is 17.8. The highest BCUT2D eigenvalue weighted by Gasteiger charge is 2.24. The Balaban J connectivity index is 1.50. The number of halogens is 1. The standard InChI is InChI=1S/C22H18ClN3OS2/c1-26(2)18-9-3-14(4-10-18)11-20-21(27)25-22(29-20)24-17-12-19(28-13-17)15-5-7-16(23)8-6-15/h3-13H,1-2H3,(H,24,25,27)/b20-11-. The zero-order chi connectivity index (χ0) is 20.4. The second-order valence-corrected chi connectivity index (χ2v) is 9.02. The number of nitrogens with zero attached hydrogens (tertiary/aromatic N) is 2. The number of thioether (sulfide) groups is 1. The molecule has 0 spiro atoms. The predicted octanol–water partition coefficient (Wildman–Crippen LogP) is 6.03. The predicted molar refractivity (Wildman–Crippen MR) is 126 cm³/mol. The van der Waals surface area contributed by atoms with Gasteiger partial charge in [-0.2, -0.15) is 0 Å². The molecule has 1 aliphatic heterocycles. The molecule has 0 unspecified atom stereocenters. The molecular weight excluding hydrogens is 422 g/mol. The van der Waals surface area contributed by atoms with E-state index in [-0.39, 0.29) is 5.91 Å². The van der Waals surface area contributed by atoms with E-state index in [1.54, 1.807) is 11.3 Å². The number of carbonyl (C=O) groups is 1. The molecule has 146 valence electrons. The molecule has 1 N–H and O–H groups in total. The maximum absolute atomic E-state index is 12.3. The van der Waals surface area contributed by atoms with E-state index in [0.717, 1.165) is 27.4 Å². The van der Waals surface area contributed by atoms with E-state index < -0.39 is 0 Å². The van der Waals surface area contributed by atoms with Gasteiger partial charge in [0.25, 0.3) is 5.91 Å². The van der Waals surface area contributed by atoms with Crippen molar-refractivity contribution in [2.24, 2.45) is 4.99 Å². The van der Waals surface area contributed by atoms with E-state index in [4.69, 9.17) is 11.6 Å². The van der Waals surface area contributed by atoms with Gasteiger partial charge < -0.3 is 10.2 Å². The number of nitrogens with one attached hydrogen (secondary N) is 1. The van der Waals surface area contributed by atoms with Gasteiger partial charge in [0.1, 0.15) is 0 Å². The number of aliphatic imine (C=N–C) groups is 1. The van der Waals surface area contributed by atoms with Gasteiger partial charge in [-0.3, -0.25) is 4.79 Å². The Hall–Kier alpha value is -2.54. The highest BCUT2D eigenvalue weighted by Crippen LogP contribution is 2.34. The number of rotatable bonds is 4. The molecule has 1 saturated heterocycles. The normalized spacial score (nSPS) is 16.4. The van der Waals surface area contributed by atoms with Gasteiger partial charge in [-0.1, -0.05) is 35.9 Å². The van der Waals surface area contributed by atoms with Gasteiger partial charge in [0.05, 0.1) is 10.6 Å². The van der Waals surface area contributed by atoms with Crippen LogP contribution in [0.15, 0.2) is 69.9 Å². The van der Waals surface area contributed by atoms with Gasteiger partial charge in [0.2, 0.25) is 0 Å². The Morgan fingerprint density at radius 2 is 1.79 bits per heavy atom. The van der Waals surface area contributed by atoms with Crippen LogP contribution in [-0.4, -0.2) is 25.2 Å². The molecule has 0 bridgehead atoms. The number of amides is 1. The first-order valence-corrected chi connectivity index (χ1v) is 11.0. The molecule has 3 aromatic rings. The lowest BCUT2D eigenvalue weighted by Gasteiger charge is -2.11. The molecular formula is C22H18ClN3OS2. The third kappa shape index (κ3) is 4.72. The monoisotopic (exact) mass is 439 g/mol. The van der Waals surface area contributed by atoms with Crippen LogP contribution >= 0.6 is 34.7 Å². The third-order valence-corrected chi connectivity index (χ3v) is 6.43. The summed E-state index contributed by atoms with van der Waals surface area (Å²) in [5, 5.41) is 6.12. The summed E-state index contributed by atoms with van der Waals surface area (Å²) >= 11 is 8.92. The van der Waals surface area contributed by atoms with Crippen molar-refractivity contribution in [1.29, 1.82) is 0 Å². The fourth-order valence-corrected chi connectivity index (χ4v) is 4.57. The fourth-order valence-electron chi connectivity index (χ4n) is 2.77. The van der Waals surface area contributed by atoms with E-state index >= 15 is 0 Å². The zero-order valence-electron chi connectivity index (χ0n) is 15.8. The Morgan fingerprint density at radius 1 is 1.07 bits per heavy atom. The van der Waals surface area contributed by atoms with Crippen LogP contribution < -0.4 is 10.2 Å². The number of hydrogen-bond acceptors (Lipinski definition) is 5. The van der Waals surface area contributed by atoms with Gasteiger partial charge in [0, 0.05) is 35.1 Å². The van der Waals surface area contributed by atoms with Crippen LogP contribution in [0.1, 0.15) is 5.56 Å². The minimum Gasteiger partial charge on any atom is -0.378 e. The Kier molecular flexibility index (Phi) is 5.76. The van der Waals surface area contributed by atoms with Crippen LogP contribution in [0, 0.1) is 0 Å². The Labute approximate surface area is 182 Å². The molecule has 7 heteroatoms. The smallest absolute Gasteiger partial charge is 0.264 e. The van der Waals surface area contributed by atoms with E-state index in [1.807, 2.05) is 85.0 Å². The van der Waals surface area contributed by atoms with E-state index in [9.17, 15) is 4.79 Å². The summed E-state index contributed by atoms with van der Waals surface area (Å²) in [6.07, 6.45) is 1.88. The van der Waals surface area contributed by atoms with Crippen molar-refractivity contribution in [3.05, 3.63) is 75.5 Å². The molecule has 0 atom stereocenters. The van der Waals surface area contributed by atoms with Gasteiger partial charge in [0.15, 0.2) is 5.17 Å². The average molecular weight is 440 g/mol. The summed E-state index contributed by atoms with van der Waals surface area (Å²) in [5.74, 6) is -0.126. The summed E-state index contributed by atoms with van der Waals surface area (Å²) < 4.78 is 0. The van der Waals surface area contributed by atoms with Crippen LogP contribution in [0.2, 0.25) is 5.02 Å². The number of anilines is 1.